The molecule has 0 bridgehead atoms. The molecule has 0 aliphatic carbocycles. The van der Waals surface area contributed by atoms with Crippen molar-refractivity contribution in [1.82, 2.24) is 0 Å². The first kappa shape index (κ1) is 13.8. The molecule has 0 unspecified atom stereocenters. The first-order valence-corrected chi connectivity index (χ1v) is 6.21. The molecule has 2 heteroatoms. The smallest absolute Gasteiger partial charge is 0.224 e. The molecule has 17 heavy (non-hydrogen) atoms. The molecule has 0 fully saturated rings. The van der Waals surface area contributed by atoms with Crippen LogP contribution in [0.2, 0.25) is 0 Å². The van der Waals surface area contributed by atoms with Crippen LogP contribution in [0.25, 0.3) is 0 Å². The van der Waals surface area contributed by atoms with Gasteiger partial charge in [0.05, 0.1) is 0 Å². The second-order valence-corrected chi connectivity index (χ2v) is 5.79. The Kier molecular flexibility index (Phi) is 4.33. The van der Waals surface area contributed by atoms with Gasteiger partial charge in [0.1, 0.15) is 0 Å². The summed E-state index contributed by atoms with van der Waals surface area (Å²) in [5.41, 5.74) is 3.34. The van der Waals surface area contributed by atoms with Gasteiger partial charge in [0.15, 0.2) is 0 Å². The fourth-order valence-electron chi connectivity index (χ4n) is 1.70. The molecule has 0 aliphatic heterocycles. The zero-order chi connectivity index (χ0) is 13.1. The summed E-state index contributed by atoms with van der Waals surface area (Å²) < 4.78 is 0. The maximum atomic E-state index is 11.9. The highest BCUT2D eigenvalue weighted by Crippen LogP contribution is 2.22. The average molecular weight is 233 g/mol. The van der Waals surface area contributed by atoms with Gasteiger partial charge in [-0.2, -0.15) is 0 Å². The van der Waals surface area contributed by atoms with E-state index in [1.165, 1.54) is 5.56 Å². The Balaban J connectivity index is 2.77. The number of carbonyl (C=O) groups excluding carboxylic acids is 1. The molecule has 1 rings (SSSR count). The lowest BCUT2D eigenvalue weighted by atomic mass is 9.92. The number of hydrogen-bond acceptors (Lipinski definition) is 1. The predicted molar refractivity (Wildman–Crippen MR) is 73.3 cm³/mol. The Labute approximate surface area is 104 Å². The third-order valence-electron chi connectivity index (χ3n) is 2.68. The molecule has 1 aromatic carbocycles. The van der Waals surface area contributed by atoms with E-state index in [9.17, 15) is 4.79 Å². The molecule has 94 valence electrons. The molecule has 1 amide bonds. The van der Waals surface area contributed by atoms with E-state index in [0.717, 1.165) is 17.7 Å². The van der Waals surface area contributed by atoms with Crippen molar-refractivity contribution in [3.8, 4) is 0 Å². The predicted octanol–water partition coefficient (Wildman–Crippen LogP) is 3.93. The Morgan fingerprint density at radius 2 is 1.94 bits per heavy atom. The highest BCUT2D eigenvalue weighted by molar-refractivity contribution is 5.91. The van der Waals surface area contributed by atoms with Crippen LogP contribution >= 0.6 is 0 Å². The lowest BCUT2D eigenvalue weighted by Crippen LogP contribution is -2.20. The molecule has 2 nitrogen and oxygen atoms in total. The highest BCUT2D eigenvalue weighted by atomic mass is 16.1. The Hall–Kier alpha value is -1.31. The molecule has 0 spiro atoms. The van der Waals surface area contributed by atoms with Gasteiger partial charge >= 0.3 is 0 Å². The third-order valence-corrected chi connectivity index (χ3v) is 2.68. The quantitative estimate of drug-likeness (QED) is 0.842. The number of aryl methyl sites for hydroxylation is 2. The van der Waals surface area contributed by atoms with Gasteiger partial charge in [0.2, 0.25) is 5.91 Å². The standard InChI is InChI=1S/C15H23NO/c1-6-12-8-7-11(2)13(9-12)16-14(17)10-15(3,4)5/h7-9H,6,10H2,1-5H3,(H,16,17). The maximum Gasteiger partial charge on any atom is 0.224 e. The summed E-state index contributed by atoms with van der Waals surface area (Å²) in [5.74, 6) is 0.0915. The van der Waals surface area contributed by atoms with Crippen LogP contribution in [0.15, 0.2) is 18.2 Å². The minimum atomic E-state index is 0.0281. The van der Waals surface area contributed by atoms with Gasteiger partial charge < -0.3 is 5.32 Å². The lowest BCUT2D eigenvalue weighted by molar-refractivity contribution is -0.117. The van der Waals surface area contributed by atoms with E-state index >= 15 is 0 Å². The van der Waals surface area contributed by atoms with Crippen LogP contribution in [0, 0.1) is 12.3 Å². The molecule has 0 radical (unpaired) electrons. The summed E-state index contributed by atoms with van der Waals surface area (Å²) in [4.78, 5) is 11.9. The number of amides is 1. The van der Waals surface area contributed by atoms with Gasteiger partial charge in [-0.25, -0.2) is 0 Å². The van der Waals surface area contributed by atoms with E-state index in [2.05, 4.69) is 51.2 Å². The molecule has 1 N–H and O–H groups in total. The van der Waals surface area contributed by atoms with Crippen molar-refractivity contribution >= 4 is 11.6 Å². The number of rotatable bonds is 3. The SMILES string of the molecule is CCc1ccc(C)c(NC(=O)CC(C)(C)C)c1. The molecule has 0 aliphatic rings. The number of anilines is 1. The number of benzene rings is 1. The van der Waals surface area contributed by atoms with Gasteiger partial charge in [0, 0.05) is 12.1 Å². The fraction of sp³-hybridized carbons (Fsp3) is 0.533. The summed E-state index contributed by atoms with van der Waals surface area (Å²) in [6.07, 6.45) is 1.53. The Morgan fingerprint density at radius 1 is 1.29 bits per heavy atom. The lowest BCUT2D eigenvalue weighted by Gasteiger charge is -2.18. The average Bonchev–Trinajstić information content (AvgIpc) is 2.18. The molecule has 0 aromatic heterocycles. The molecule has 0 saturated carbocycles. The Bertz CT molecular complexity index is 402. The molecule has 1 aromatic rings. The highest BCUT2D eigenvalue weighted by Gasteiger charge is 2.16. The van der Waals surface area contributed by atoms with Crippen molar-refractivity contribution in [3.63, 3.8) is 0 Å². The largest absolute Gasteiger partial charge is 0.326 e. The van der Waals surface area contributed by atoms with E-state index in [-0.39, 0.29) is 11.3 Å². The number of nitrogens with one attached hydrogen (secondary N) is 1. The van der Waals surface area contributed by atoms with Crippen LogP contribution in [-0.2, 0) is 11.2 Å². The van der Waals surface area contributed by atoms with Crippen LogP contribution in [0.5, 0.6) is 0 Å². The second kappa shape index (κ2) is 5.35. The van der Waals surface area contributed by atoms with Gasteiger partial charge in [-0.3, -0.25) is 4.79 Å². The second-order valence-electron chi connectivity index (χ2n) is 5.79. The summed E-state index contributed by atoms with van der Waals surface area (Å²) >= 11 is 0. The molecule has 0 saturated heterocycles. The van der Waals surface area contributed by atoms with Gasteiger partial charge in [-0.1, -0.05) is 39.8 Å². The zero-order valence-corrected chi connectivity index (χ0v) is 11.6. The molecule has 0 heterocycles. The van der Waals surface area contributed by atoms with Crippen LogP contribution in [0.3, 0.4) is 0 Å². The van der Waals surface area contributed by atoms with E-state index in [1.54, 1.807) is 0 Å². The molecule has 0 atom stereocenters. The zero-order valence-electron chi connectivity index (χ0n) is 11.6. The first-order valence-electron chi connectivity index (χ1n) is 6.21. The van der Waals surface area contributed by atoms with E-state index in [0.29, 0.717) is 6.42 Å². The van der Waals surface area contributed by atoms with Crippen LogP contribution in [0.4, 0.5) is 5.69 Å². The summed E-state index contributed by atoms with van der Waals surface area (Å²) in [5, 5.41) is 3.00. The summed E-state index contributed by atoms with van der Waals surface area (Å²) in [6.45, 7) is 10.4. The Morgan fingerprint density at radius 3 is 2.47 bits per heavy atom. The topological polar surface area (TPSA) is 29.1 Å². The minimum absolute atomic E-state index is 0.0281. The van der Waals surface area contributed by atoms with Crippen molar-refractivity contribution in [3.05, 3.63) is 29.3 Å². The summed E-state index contributed by atoms with van der Waals surface area (Å²) in [7, 11) is 0. The van der Waals surface area contributed by atoms with Crippen molar-refractivity contribution in [2.24, 2.45) is 5.41 Å². The van der Waals surface area contributed by atoms with Crippen molar-refractivity contribution in [2.75, 3.05) is 5.32 Å². The minimum Gasteiger partial charge on any atom is -0.326 e. The van der Waals surface area contributed by atoms with E-state index in [1.807, 2.05) is 6.92 Å². The van der Waals surface area contributed by atoms with Crippen molar-refractivity contribution < 1.29 is 4.79 Å². The normalized spacial score (nSPS) is 11.4. The number of hydrogen-bond donors (Lipinski definition) is 1. The van der Waals surface area contributed by atoms with E-state index in [4.69, 9.17) is 0 Å². The van der Waals surface area contributed by atoms with Crippen molar-refractivity contribution in [2.45, 2.75) is 47.5 Å². The first-order chi connectivity index (χ1) is 7.81. The van der Waals surface area contributed by atoms with E-state index < -0.39 is 0 Å². The van der Waals surface area contributed by atoms with Crippen LogP contribution < -0.4 is 5.32 Å². The maximum absolute atomic E-state index is 11.9. The fourth-order valence-corrected chi connectivity index (χ4v) is 1.70. The van der Waals surface area contributed by atoms with Crippen LogP contribution in [0.1, 0.15) is 45.2 Å². The monoisotopic (exact) mass is 233 g/mol. The summed E-state index contributed by atoms with van der Waals surface area (Å²) in [6, 6.07) is 6.23. The van der Waals surface area contributed by atoms with Gasteiger partial charge in [-0.15, -0.1) is 0 Å². The van der Waals surface area contributed by atoms with Crippen molar-refractivity contribution in [1.29, 1.82) is 0 Å². The number of carbonyl (C=O) groups is 1. The molecular weight excluding hydrogens is 210 g/mol. The third kappa shape index (κ3) is 4.59. The van der Waals surface area contributed by atoms with Gasteiger partial charge in [0.25, 0.3) is 0 Å². The van der Waals surface area contributed by atoms with Gasteiger partial charge in [-0.05, 0) is 36.0 Å². The molecular formula is C15H23NO. The van der Waals surface area contributed by atoms with Crippen LogP contribution in [-0.4, -0.2) is 5.91 Å².